The molecule has 7 heteroatoms. The van der Waals surface area contributed by atoms with E-state index in [4.69, 9.17) is 0 Å². The smallest absolute Gasteiger partial charge is 0.311 e. The van der Waals surface area contributed by atoms with Gasteiger partial charge >= 0.3 is 6.03 Å². The van der Waals surface area contributed by atoms with E-state index in [1.54, 1.807) is 73.8 Å². The number of carbonyl (C=O) groups is 2. The van der Waals surface area contributed by atoms with Crippen LogP contribution in [0.15, 0.2) is 83.9 Å². The van der Waals surface area contributed by atoms with Gasteiger partial charge in [-0.2, -0.15) is 0 Å². The van der Waals surface area contributed by atoms with Gasteiger partial charge < -0.3 is 15.5 Å². The van der Waals surface area contributed by atoms with Crippen LogP contribution in [0.1, 0.15) is 11.1 Å². The molecule has 3 amide bonds. The van der Waals surface area contributed by atoms with Crippen molar-refractivity contribution in [3.05, 3.63) is 95.8 Å². The van der Waals surface area contributed by atoms with Crippen LogP contribution in [0.4, 0.5) is 20.6 Å². The lowest BCUT2D eigenvalue weighted by Gasteiger charge is -2.21. The van der Waals surface area contributed by atoms with Crippen molar-refractivity contribution in [2.24, 2.45) is 4.99 Å². The molecular formula is C23H19FN4O2. The minimum absolute atomic E-state index is 0.253. The second kappa shape index (κ2) is 8.16. The Morgan fingerprint density at radius 1 is 0.933 bits per heavy atom. The van der Waals surface area contributed by atoms with Crippen LogP contribution >= 0.6 is 0 Å². The minimum Gasteiger partial charge on any atom is -0.311 e. The van der Waals surface area contributed by atoms with Gasteiger partial charge in [-0.15, -0.1) is 0 Å². The van der Waals surface area contributed by atoms with Gasteiger partial charge in [0.2, 0.25) is 6.17 Å². The lowest BCUT2D eigenvalue weighted by molar-refractivity contribution is -0.119. The lowest BCUT2D eigenvalue weighted by atomic mass is 10.00. The third-order valence-corrected chi connectivity index (χ3v) is 4.77. The first kappa shape index (κ1) is 19.3. The van der Waals surface area contributed by atoms with Gasteiger partial charge in [-0.25, -0.2) is 14.2 Å². The number of nitrogens with zero attached hydrogens (tertiary/aromatic N) is 2. The number of likely N-dealkylation sites (N-methyl/N-ethyl adjacent to an activating group) is 1. The Balaban J connectivity index is 1.74. The fraction of sp³-hybridized carbons (Fsp3) is 0.0870. The largest absolute Gasteiger partial charge is 0.321 e. The molecule has 0 saturated carbocycles. The number of amides is 3. The third kappa shape index (κ3) is 3.77. The Kier molecular flexibility index (Phi) is 5.26. The molecule has 1 heterocycles. The maximum atomic E-state index is 14.6. The summed E-state index contributed by atoms with van der Waals surface area (Å²) >= 11 is 0. The fourth-order valence-electron chi connectivity index (χ4n) is 3.30. The molecular weight excluding hydrogens is 383 g/mol. The van der Waals surface area contributed by atoms with Crippen LogP contribution in [-0.4, -0.2) is 30.9 Å². The van der Waals surface area contributed by atoms with Crippen LogP contribution in [0.5, 0.6) is 0 Å². The van der Waals surface area contributed by atoms with Crippen LogP contribution in [0.3, 0.4) is 0 Å². The summed E-state index contributed by atoms with van der Waals surface area (Å²) in [6, 6.07) is 21.6. The van der Waals surface area contributed by atoms with Crippen molar-refractivity contribution in [1.29, 1.82) is 0 Å². The predicted molar refractivity (Wildman–Crippen MR) is 114 cm³/mol. The second-order valence-electron chi connectivity index (χ2n) is 6.74. The van der Waals surface area contributed by atoms with Crippen molar-refractivity contribution in [2.75, 3.05) is 17.3 Å². The highest BCUT2D eigenvalue weighted by Gasteiger charge is 2.31. The molecule has 150 valence electrons. The molecule has 0 bridgehead atoms. The van der Waals surface area contributed by atoms with Crippen molar-refractivity contribution in [1.82, 2.24) is 5.32 Å². The second-order valence-corrected chi connectivity index (χ2v) is 6.74. The number of urea groups is 1. The van der Waals surface area contributed by atoms with Gasteiger partial charge in [0.1, 0.15) is 5.82 Å². The van der Waals surface area contributed by atoms with Crippen LogP contribution in [0.25, 0.3) is 0 Å². The molecule has 6 nitrogen and oxygen atoms in total. The Morgan fingerprint density at radius 3 is 2.30 bits per heavy atom. The highest BCUT2D eigenvalue weighted by Crippen LogP contribution is 2.28. The highest BCUT2D eigenvalue weighted by molar-refractivity contribution is 6.20. The topological polar surface area (TPSA) is 73.8 Å². The van der Waals surface area contributed by atoms with E-state index in [9.17, 15) is 14.0 Å². The average Bonchev–Trinajstić information content (AvgIpc) is 2.86. The number of para-hydroxylation sites is 2. The molecule has 3 aromatic carbocycles. The van der Waals surface area contributed by atoms with Crippen LogP contribution in [-0.2, 0) is 4.79 Å². The zero-order valence-corrected chi connectivity index (χ0v) is 16.2. The molecule has 0 radical (unpaired) electrons. The number of halogens is 1. The number of carbonyl (C=O) groups excluding carboxylic acids is 2. The molecule has 30 heavy (non-hydrogen) atoms. The average molecular weight is 402 g/mol. The Morgan fingerprint density at radius 2 is 1.57 bits per heavy atom. The number of nitrogens with one attached hydrogen (secondary N) is 2. The van der Waals surface area contributed by atoms with Crippen molar-refractivity contribution in [3.8, 4) is 0 Å². The Labute approximate surface area is 173 Å². The fourth-order valence-corrected chi connectivity index (χ4v) is 3.30. The van der Waals surface area contributed by atoms with Gasteiger partial charge in [-0.1, -0.05) is 48.5 Å². The van der Waals surface area contributed by atoms with Gasteiger partial charge in [0.05, 0.1) is 11.4 Å². The van der Waals surface area contributed by atoms with Crippen molar-refractivity contribution >= 4 is 29.0 Å². The quantitative estimate of drug-likeness (QED) is 0.700. The summed E-state index contributed by atoms with van der Waals surface area (Å²) in [6.07, 6.45) is -1.22. The molecule has 0 aliphatic carbocycles. The first-order valence-corrected chi connectivity index (χ1v) is 9.37. The first-order valence-electron chi connectivity index (χ1n) is 9.37. The van der Waals surface area contributed by atoms with E-state index in [2.05, 4.69) is 15.6 Å². The summed E-state index contributed by atoms with van der Waals surface area (Å²) in [6.45, 7) is 0. The summed E-state index contributed by atoms with van der Waals surface area (Å²) in [5, 5.41) is 5.26. The van der Waals surface area contributed by atoms with Crippen molar-refractivity contribution < 1.29 is 14.0 Å². The molecule has 0 spiro atoms. The molecule has 3 aromatic rings. The van der Waals surface area contributed by atoms with E-state index in [1.165, 1.54) is 11.0 Å². The van der Waals surface area contributed by atoms with E-state index in [1.807, 2.05) is 6.07 Å². The highest BCUT2D eigenvalue weighted by atomic mass is 19.1. The lowest BCUT2D eigenvalue weighted by Crippen LogP contribution is -2.47. The van der Waals surface area contributed by atoms with Crippen LogP contribution in [0, 0.1) is 5.82 Å². The standard InChI is InChI=1S/C23H19FN4O2/c1-28-19-14-8-6-12-17(19)20(16-11-5-7-13-18(16)24)26-21(22(28)29)27-23(30)25-15-9-3-2-4-10-15/h2-14,21H,1H3,(H2,25,27,30). The number of aliphatic imine (C=N–C) groups is 1. The zero-order valence-electron chi connectivity index (χ0n) is 16.2. The molecule has 0 aromatic heterocycles. The number of hydrogen-bond donors (Lipinski definition) is 2. The maximum Gasteiger partial charge on any atom is 0.321 e. The van der Waals surface area contributed by atoms with E-state index in [0.717, 1.165) is 0 Å². The number of fused-ring (bicyclic) bond motifs is 1. The molecule has 1 atom stereocenters. The molecule has 1 aliphatic heterocycles. The Bertz CT molecular complexity index is 1130. The van der Waals surface area contributed by atoms with Gasteiger partial charge in [-0.05, 0) is 30.3 Å². The monoisotopic (exact) mass is 402 g/mol. The number of hydrogen-bond acceptors (Lipinski definition) is 3. The summed E-state index contributed by atoms with van der Waals surface area (Å²) in [5.41, 5.74) is 2.31. The molecule has 2 N–H and O–H groups in total. The van der Waals surface area contributed by atoms with E-state index < -0.39 is 23.9 Å². The van der Waals surface area contributed by atoms with E-state index in [-0.39, 0.29) is 5.56 Å². The van der Waals surface area contributed by atoms with Gasteiger partial charge in [0.25, 0.3) is 5.91 Å². The summed E-state index contributed by atoms with van der Waals surface area (Å²) in [4.78, 5) is 31.4. The normalized spacial score (nSPS) is 15.7. The van der Waals surface area contributed by atoms with Crippen molar-refractivity contribution in [2.45, 2.75) is 6.17 Å². The third-order valence-electron chi connectivity index (χ3n) is 4.77. The van der Waals surface area contributed by atoms with E-state index >= 15 is 0 Å². The van der Waals surface area contributed by atoms with E-state index in [0.29, 0.717) is 22.6 Å². The zero-order chi connectivity index (χ0) is 21.1. The molecule has 0 saturated heterocycles. The number of rotatable bonds is 3. The molecule has 4 rings (SSSR count). The summed E-state index contributed by atoms with van der Waals surface area (Å²) in [5.74, 6) is -0.896. The number of benzodiazepines with no additional fused rings is 1. The van der Waals surface area contributed by atoms with Crippen molar-refractivity contribution in [3.63, 3.8) is 0 Å². The van der Waals surface area contributed by atoms with Gasteiger partial charge in [0.15, 0.2) is 0 Å². The van der Waals surface area contributed by atoms with Gasteiger partial charge in [0, 0.05) is 23.9 Å². The first-order chi connectivity index (χ1) is 14.5. The molecule has 1 unspecified atom stereocenters. The van der Waals surface area contributed by atoms with Crippen LogP contribution < -0.4 is 15.5 Å². The maximum absolute atomic E-state index is 14.6. The predicted octanol–water partition coefficient (Wildman–Crippen LogP) is 3.79. The van der Waals surface area contributed by atoms with Gasteiger partial charge in [-0.3, -0.25) is 4.79 Å². The minimum atomic E-state index is -1.22. The SMILES string of the molecule is CN1C(=O)C(NC(=O)Nc2ccccc2)N=C(c2ccccc2F)c2ccccc21. The Hall–Kier alpha value is -4.00. The molecule has 0 fully saturated rings. The number of anilines is 2. The van der Waals surface area contributed by atoms with Crippen LogP contribution in [0.2, 0.25) is 0 Å². The number of benzene rings is 3. The summed E-state index contributed by atoms with van der Waals surface area (Å²) in [7, 11) is 1.60. The summed E-state index contributed by atoms with van der Waals surface area (Å²) < 4.78 is 14.6. The molecule has 1 aliphatic rings.